The van der Waals surface area contributed by atoms with Gasteiger partial charge in [0.05, 0.1) is 12.9 Å². The molecule has 0 aromatic heterocycles. The number of allylic oxidation sites excluding steroid dienone is 1. The predicted octanol–water partition coefficient (Wildman–Crippen LogP) is 14.5. The standard InChI is InChI=1S/C41H80O2/c1-6-9-11-13-20-26-33-39(35-28-22-16-15-19-25-32-38(4)43-5)40(34-27-21-14-12-10-7-2)36-29-23-17-18-24-30-37-41(42)31-8-3/h39-40H,4,6-37H2,1-3,5H3. The monoisotopic (exact) mass is 605 g/mol. The van der Waals surface area contributed by atoms with E-state index in [4.69, 9.17) is 4.74 Å². The minimum Gasteiger partial charge on any atom is -0.502 e. The summed E-state index contributed by atoms with van der Waals surface area (Å²) in [5.41, 5.74) is 0. The molecule has 0 heterocycles. The molecule has 0 aliphatic rings. The molecule has 2 nitrogen and oxygen atoms in total. The zero-order valence-corrected chi connectivity index (χ0v) is 30.3. The first kappa shape index (κ1) is 42.2. The van der Waals surface area contributed by atoms with Crippen molar-refractivity contribution in [3.8, 4) is 0 Å². The Labute approximate surface area is 272 Å². The Morgan fingerprint density at radius 3 is 1.12 bits per heavy atom. The van der Waals surface area contributed by atoms with Crippen LogP contribution in [0.15, 0.2) is 12.3 Å². The molecule has 0 aromatic carbocycles. The largest absolute Gasteiger partial charge is 0.502 e. The second-order valence-electron chi connectivity index (χ2n) is 14.0. The van der Waals surface area contributed by atoms with E-state index in [9.17, 15) is 4.79 Å². The van der Waals surface area contributed by atoms with Gasteiger partial charge in [-0.1, -0.05) is 194 Å². The quantitative estimate of drug-likeness (QED) is 0.0525. The summed E-state index contributed by atoms with van der Waals surface area (Å²) in [6, 6.07) is 0. The Morgan fingerprint density at radius 2 is 0.767 bits per heavy atom. The molecule has 0 spiro atoms. The van der Waals surface area contributed by atoms with Gasteiger partial charge >= 0.3 is 0 Å². The Bertz CT molecular complexity index is 582. The lowest BCUT2D eigenvalue weighted by molar-refractivity contribution is -0.119. The molecular weight excluding hydrogens is 524 g/mol. The predicted molar refractivity (Wildman–Crippen MR) is 193 cm³/mol. The van der Waals surface area contributed by atoms with Gasteiger partial charge in [0.2, 0.25) is 0 Å². The van der Waals surface area contributed by atoms with Crippen LogP contribution in [-0.2, 0) is 9.53 Å². The second kappa shape index (κ2) is 34.1. The molecule has 2 unspecified atom stereocenters. The van der Waals surface area contributed by atoms with E-state index < -0.39 is 0 Å². The van der Waals surface area contributed by atoms with Crippen molar-refractivity contribution in [1.82, 2.24) is 0 Å². The van der Waals surface area contributed by atoms with Gasteiger partial charge in [-0.15, -0.1) is 0 Å². The van der Waals surface area contributed by atoms with Crippen molar-refractivity contribution in [3.63, 3.8) is 0 Å². The molecule has 43 heavy (non-hydrogen) atoms. The highest BCUT2D eigenvalue weighted by Gasteiger charge is 2.20. The normalized spacial score (nSPS) is 12.8. The number of hydrogen-bond donors (Lipinski definition) is 0. The fraction of sp³-hybridized carbons (Fsp3) is 0.927. The van der Waals surface area contributed by atoms with Crippen LogP contribution in [0.25, 0.3) is 0 Å². The second-order valence-corrected chi connectivity index (χ2v) is 14.0. The molecule has 0 amide bonds. The zero-order chi connectivity index (χ0) is 31.6. The molecule has 256 valence electrons. The number of ether oxygens (including phenoxy) is 1. The summed E-state index contributed by atoms with van der Waals surface area (Å²) in [5.74, 6) is 3.32. The van der Waals surface area contributed by atoms with Gasteiger partial charge in [-0.3, -0.25) is 4.79 Å². The van der Waals surface area contributed by atoms with Gasteiger partial charge in [-0.2, -0.15) is 0 Å². The van der Waals surface area contributed by atoms with Crippen LogP contribution in [0.2, 0.25) is 0 Å². The van der Waals surface area contributed by atoms with E-state index >= 15 is 0 Å². The SMILES string of the molecule is C=C(CCCCCCCCC(CCCCCCCC)C(CCCCCCCC)CCCCCCCCC(=O)CCC)OC. The van der Waals surface area contributed by atoms with E-state index in [1.54, 1.807) is 7.11 Å². The van der Waals surface area contributed by atoms with Crippen LogP contribution in [0.3, 0.4) is 0 Å². The lowest BCUT2D eigenvalue weighted by atomic mass is 9.78. The van der Waals surface area contributed by atoms with E-state index in [1.165, 1.54) is 173 Å². The van der Waals surface area contributed by atoms with Gasteiger partial charge in [-0.25, -0.2) is 0 Å². The number of hydrogen-bond acceptors (Lipinski definition) is 2. The molecule has 0 rings (SSSR count). The van der Waals surface area contributed by atoms with Crippen LogP contribution >= 0.6 is 0 Å². The number of carbonyl (C=O) groups is 1. The van der Waals surface area contributed by atoms with Crippen molar-refractivity contribution in [1.29, 1.82) is 0 Å². The van der Waals surface area contributed by atoms with Gasteiger partial charge in [0.1, 0.15) is 5.78 Å². The van der Waals surface area contributed by atoms with Crippen molar-refractivity contribution < 1.29 is 9.53 Å². The number of Topliss-reactive ketones (excluding diaryl/α,β-unsaturated/α-hetero) is 1. The summed E-state index contributed by atoms with van der Waals surface area (Å²) in [4.78, 5) is 11.8. The number of carbonyl (C=O) groups excluding carboxylic acids is 1. The number of rotatable bonds is 36. The van der Waals surface area contributed by atoms with Crippen molar-refractivity contribution in [2.75, 3.05) is 7.11 Å². The molecule has 0 N–H and O–H groups in total. The highest BCUT2D eigenvalue weighted by Crippen LogP contribution is 2.34. The number of methoxy groups -OCH3 is 1. The topological polar surface area (TPSA) is 26.3 Å². The van der Waals surface area contributed by atoms with Crippen molar-refractivity contribution in [2.45, 2.75) is 226 Å². The maximum Gasteiger partial charge on any atom is 0.132 e. The Morgan fingerprint density at radius 1 is 0.442 bits per heavy atom. The third-order valence-electron chi connectivity index (χ3n) is 9.90. The summed E-state index contributed by atoms with van der Waals surface area (Å²) in [7, 11) is 1.74. The molecule has 0 aromatic rings. The molecule has 0 aliphatic carbocycles. The highest BCUT2D eigenvalue weighted by atomic mass is 16.5. The van der Waals surface area contributed by atoms with Gasteiger partial charge in [0.25, 0.3) is 0 Å². The van der Waals surface area contributed by atoms with Gasteiger partial charge < -0.3 is 4.74 Å². The zero-order valence-electron chi connectivity index (χ0n) is 30.3. The van der Waals surface area contributed by atoms with Crippen LogP contribution in [0.4, 0.5) is 0 Å². The van der Waals surface area contributed by atoms with E-state index in [-0.39, 0.29) is 0 Å². The average molecular weight is 605 g/mol. The average Bonchev–Trinajstić information content (AvgIpc) is 3.01. The molecule has 0 saturated carbocycles. The fourth-order valence-electron chi connectivity index (χ4n) is 6.98. The van der Waals surface area contributed by atoms with Crippen LogP contribution in [0.1, 0.15) is 226 Å². The third kappa shape index (κ3) is 29.7. The molecule has 2 heteroatoms. The highest BCUT2D eigenvalue weighted by molar-refractivity contribution is 5.78. The van der Waals surface area contributed by atoms with Gasteiger partial charge in [0.15, 0.2) is 0 Å². The lowest BCUT2D eigenvalue weighted by Gasteiger charge is -2.28. The van der Waals surface area contributed by atoms with E-state index in [2.05, 4.69) is 27.4 Å². The molecular formula is C41H80O2. The Balaban J connectivity index is 4.74. The van der Waals surface area contributed by atoms with Crippen molar-refractivity contribution >= 4 is 5.78 Å². The number of unbranched alkanes of at least 4 members (excludes halogenated alkanes) is 20. The molecule has 0 radical (unpaired) electrons. The molecule has 0 saturated heterocycles. The summed E-state index contributed by atoms with van der Waals surface area (Å²) >= 11 is 0. The Kier molecular flexibility index (Phi) is 33.5. The maximum absolute atomic E-state index is 11.8. The molecule has 0 aliphatic heterocycles. The fourth-order valence-corrected chi connectivity index (χ4v) is 6.98. The van der Waals surface area contributed by atoms with E-state index in [0.717, 1.165) is 49.7 Å². The van der Waals surface area contributed by atoms with Crippen LogP contribution in [0, 0.1) is 11.8 Å². The van der Waals surface area contributed by atoms with Crippen LogP contribution in [-0.4, -0.2) is 12.9 Å². The maximum atomic E-state index is 11.8. The molecule has 0 fully saturated rings. The third-order valence-corrected chi connectivity index (χ3v) is 9.90. The van der Waals surface area contributed by atoms with Crippen LogP contribution in [0.5, 0.6) is 0 Å². The first-order valence-corrected chi connectivity index (χ1v) is 19.8. The first-order valence-electron chi connectivity index (χ1n) is 19.8. The lowest BCUT2D eigenvalue weighted by Crippen LogP contribution is -2.16. The molecule has 0 bridgehead atoms. The smallest absolute Gasteiger partial charge is 0.132 e. The van der Waals surface area contributed by atoms with Crippen molar-refractivity contribution in [3.05, 3.63) is 12.3 Å². The number of ketones is 1. The Hall–Kier alpha value is -0.790. The first-order chi connectivity index (χ1) is 21.1. The van der Waals surface area contributed by atoms with Crippen molar-refractivity contribution in [2.24, 2.45) is 11.8 Å². The van der Waals surface area contributed by atoms with E-state index in [1.807, 2.05) is 0 Å². The van der Waals surface area contributed by atoms with E-state index in [0.29, 0.717) is 5.78 Å². The summed E-state index contributed by atoms with van der Waals surface area (Å²) in [6.45, 7) is 10.7. The van der Waals surface area contributed by atoms with Crippen LogP contribution < -0.4 is 0 Å². The summed E-state index contributed by atoms with van der Waals surface area (Å²) in [6.07, 6.45) is 42.7. The molecule has 2 atom stereocenters. The summed E-state index contributed by atoms with van der Waals surface area (Å²) < 4.78 is 5.22. The summed E-state index contributed by atoms with van der Waals surface area (Å²) in [5, 5.41) is 0. The minimum atomic E-state index is 0.477. The minimum absolute atomic E-state index is 0.477. The van der Waals surface area contributed by atoms with Gasteiger partial charge in [-0.05, 0) is 31.1 Å². The van der Waals surface area contributed by atoms with Gasteiger partial charge in [0, 0.05) is 19.3 Å².